The van der Waals surface area contributed by atoms with Crippen LogP contribution in [0.15, 0.2) is 71.6 Å². The second-order valence-corrected chi connectivity index (χ2v) is 11.3. The summed E-state index contributed by atoms with van der Waals surface area (Å²) in [6, 6.07) is 16.7. The fraction of sp³-hybridized carbons (Fsp3) is 0.269. The summed E-state index contributed by atoms with van der Waals surface area (Å²) in [5, 5.41) is 14.6. The molecule has 1 unspecified atom stereocenters. The van der Waals surface area contributed by atoms with Crippen LogP contribution in [0.25, 0.3) is 0 Å². The molecular formula is C26H24ClN3O7S. The van der Waals surface area contributed by atoms with E-state index in [9.17, 15) is 23.3 Å². The van der Waals surface area contributed by atoms with Gasteiger partial charge in [0.05, 0.1) is 36.4 Å². The number of nitrogens with one attached hydrogen (secondary N) is 1. The van der Waals surface area contributed by atoms with Crippen molar-refractivity contribution < 1.29 is 27.1 Å². The zero-order valence-electron chi connectivity index (χ0n) is 20.3. The van der Waals surface area contributed by atoms with E-state index in [4.69, 9.17) is 20.5 Å². The van der Waals surface area contributed by atoms with Crippen molar-refractivity contribution in [1.29, 1.82) is 0 Å². The molecule has 0 saturated heterocycles. The first-order valence-corrected chi connectivity index (χ1v) is 13.6. The zero-order valence-corrected chi connectivity index (χ0v) is 21.9. The van der Waals surface area contributed by atoms with Gasteiger partial charge in [0.25, 0.3) is 15.8 Å². The van der Waals surface area contributed by atoms with E-state index >= 15 is 0 Å². The van der Waals surface area contributed by atoms with E-state index in [-0.39, 0.29) is 23.0 Å². The third-order valence-corrected chi connectivity index (χ3v) is 8.33. The Morgan fingerprint density at radius 2 is 1.87 bits per heavy atom. The third-order valence-electron chi connectivity index (χ3n) is 6.84. The minimum atomic E-state index is -4.37. The van der Waals surface area contributed by atoms with Gasteiger partial charge >= 0.3 is 6.03 Å². The average molecular weight is 558 g/mol. The molecule has 1 aliphatic carbocycles. The van der Waals surface area contributed by atoms with E-state index in [1.807, 2.05) is 12.1 Å². The summed E-state index contributed by atoms with van der Waals surface area (Å²) < 4.78 is 36.8. The number of hydrogen-bond acceptors (Lipinski definition) is 7. The van der Waals surface area contributed by atoms with Crippen LogP contribution in [0.3, 0.4) is 0 Å². The molecule has 10 nitrogen and oxygen atoms in total. The largest absolute Gasteiger partial charge is 0.497 e. The number of urea groups is 1. The highest BCUT2D eigenvalue weighted by Gasteiger charge is 2.53. The summed E-state index contributed by atoms with van der Waals surface area (Å²) >= 11 is 6.37. The quantitative estimate of drug-likeness (QED) is 0.223. The van der Waals surface area contributed by atoms with Crippen LogP contribution < -0.4 is 15.0 Å². The highest BCUT2D eigenvalue weighted by molar-refractivity contribution is 7.86. The monoisotopic (exact) mass is 557 g/mol. The van der Waals surface area contributed by atoms with Gasteiger partial charge in [0.15, 0.2) is 0 Å². The first-order valence-electron chi connectivity index (χ1n) is 11.8. The molecule has 1 heterocycles. The van der Waals surface area contributed by atoms with E-state index in [1.165, 1.54) is 18.2 Å². The smallest absolute Gasteiger partial charge is 0.322 e. The summed E-state index contributed by atoms with van der Waals surface area (Å²) in [4.78, 5) is 25.2. The average Bonchev–Trinajstić information content (AvgIpc) is 3.76. The van der Waals surface area contributed by atoms with E-state index in [1.54, 1.807) is 42.3 Å². The molecule has 1 atom stereocenters. The fourth-order valence-electron chi connectivity index (χ4n) is 4.73. The molecule has 0 spiro atoms. The Morgan fingerprint density at radius 1 is 1.13 bits per heavy atom. The number of ether oxygens (including phenoxy) is 1. The van der Waals surface area contributed by atoms with E-state index < -0.39 is 33.2 Å². The van der Waals surface area contributed by atoms with Crippen molar-refractivity contribution in [1.82, 2.24) is 5.32 Å². The Bertz CT molecular complexity index is 1510. The Kier molecular flexibility index (Phi) is 6.76. The Morgan fingerprint density at radius 3 is 2.53 bits per heavy atom. The maximum absolute atomic E-state index is 13.5. The number of nitrogens with zero attached hydrogens (tertiary/aromatic N) is 2. The minimum Gasteiger partial charge on any atom is -0.497 e. The summed E-state index contributed by atoms with van der Waals surface area (Å²) in [6.45, 7) is -0.129. The van der Waals surface area contributed by atoms with Crippen molar-refractivity contribution in [3.8, 4) is 5.75 Å². The Labute approximate surface area is 224 Å². The molecule has 0 aromatic heterocycles. The molecule has 0 bridgehead atoms. The molecule has 3 aromatic carbocycles. The molecule has 1 N–H and O–H groups in total. The molecule has 2 aliphatic rings. The van der Waals surface area contributed by atoms with Crippen LogP contribution in [0, 0.1) is 16.0 Å². The number of nitro benzene ring substituents is 1. The van der Waals surface area contributed by atoms with Crippen LogP contribution in [-0.2, 0) is 26.4 Å². The number of halogens is 1. The second-order valence-electron chi connectivity index (χ2n) is 9.24. The number of fused-ring (bicyclic) bond motifs is 1. The van der Waals surface area contributed by atoms with E-state index in [2.05, 4.69) is 5.32 Å². The second kappa shape index (κ2) is 9.90. The van der Waals surface area contributed by atoms with Crippen molar-refractivity contribution in [3.63, 3.8) is 0 Å². The number of non-ortho nitro benzene ring substituents is 1. The maximum Gasteiger partial charge on any atom is 0.322 e. The van der Waals surface area contributed by atoms with Gasteiger partial charge < -0.3 is 10.1 Å². The molecule has 198 valence electrons. The molecule has 38 heavy (non-hydrogen) atoms. The molecule has 2 amide bonds. The molecule has 1 fully saturated rings. The molecule has 3 aromatic rings. The van der Waals surface area contributed by atoms with Crippen LogP contribution >= 0.6 is 11.6 Å². The number of rotatable bonds is 9. The lowest BCUT2D eigenvalue weighted by Gasteiger charge is -2.44. The summed E-state index contributed by atoms with van der Waals surface area (Å²) in [6.07, 6.45) is 1.51. The maximum atomic E-state index is 13.5. The van der Waals surface area contributed by atoms with E-state index in [0.29, 0.717) is 22.0 Å². The van der Waals surface area contributed by atoms with Crippen LogP contribution in [0.4, 0.5) is 16.2 Å². The van der Waals surface area contributed by atoms with Gasteiger partial charge in [0.1, 0.15) is 10.6 Å². The van der Waals surface area contributed by atoms with Crippen molar-refractivity contribution in [2.45, 2.75) is 29.8 Å². The number of amides is 2. The normalized spacial score (nSPS) is 19.0. The standard InChI is InChI=1S/C26H24ClN3O7S/c1-36-21-10-5-17(6-11-21)15-29-24-12-9-19(27)13-23(24)26(18-7-8-18,28-25(29)31)16-37-38(34,35)22-4-2-3-20(14-22)30(32)33/h2-6,9-14,18H,7-8,15-16H2,1H3,(H,28,31). The molecule has 5 rings (SSSR count). The summed E-state index contributed by atoms with van der Waals surface area (Å²) in [5.74, 6) is 0.617. The molecule has 1 aliphatic heterocycles. The summed E-state index contributed by atoms with van der Waals surface area (Å²) in [7, 11) is -2.80. The van der Waals surface area contributed by atoms with E-state index in [0.717, 1.165) is 24.5 Å². The number of nitro groups is 1. The van der Waals surface area contributed by atoms with Crippen LogP contribution in [0.5, 0.6) is 5.75 Å². The number of benzene rings is 3. The van der Waals surface area contributed by atoms with Crippen LogP contribution in [0.1, 0.15) is 24.0 Å². The van der Waals surface area contributed by atoms with Gasteiger partial charge in [-0.15, -0.1) is 0 Å². The fourth-order valence-corrected chi connectivity index (χ4v) is 5.89. The van der Waals surface area contributed by atoms with Gasteiger partial charge in [0, 0.05) is 22.7 Å². The first-order chi connectivity index (χ1) is 18.1. The van der Waals surface area contributed by atoms with Gasteiger partial charge in [0.2, 0.25) is 0 Å². The van der Waals surface area contributed by atoms with Gasteiger partial charge in [-0.05, 0) is 60.7 Å². The van der Waals surface area contributed by atoms with Crippen LogP contribution in [0.2, 0.25) is 5.02 Å². The number of methoxy groups -OCH3 is 1. The van der Waals surface area contributed by atoms with Crippen molar-refractivity contribution in [2.24, 2.45) is 5.92 Å². The molecule has 0 radical (unpaired) electrons. The lowest BCUT2D eigenvalue weighted by atomic mass is 9.82. The highest BCUT2D eigenvalue weighted by Crippen LogP contribution is 2.51. The van der Waals surface area contributed by atoms with Gasteiger partial charge in [-0.2, -0.15) is 8.42 Å². The number of hydrogen-bond donors (Lipinski definition) is 1. The van der Waals surface area contributed by atoms with Crippen molar-refractivity contribution >= 4 is 39.1 Å². The Balaban J connectivity index is 1.49. The zero-order chi connectivity index (χ0) is 27.1. The number of carbonyl (C=O) groups excluding carboxylic acids is 1. The highest BCUT2D eigenvalue weighted by atomic mass is 35.5. The van der Waals surface area contributed by atoms with Gasteiger partial charge in [-0.1, -0.05) is 29.8 Å². The minimum absolute atomic E-state index is 0.0767. The van der Waals surface area contributed by atoms with Gasteiger partial charge in [-0.25, -0.2) is 4.79 Å². The molecular weight excluding hydrogens is 534 g/mol. The lowest BCUT2D eigenvalue weighted by molar-refractivity contribution is -0.385. The van der Waals surface area contributed by atoms with Crippen molar-refractivity contribution in [3.05, 3.63) is 93.0 Å². The van der Waals surface area contributed by atoms with Crippen molar-refractivity contribution in [2.75, 3.05) is 18.6 Å². The number of anilines is 1. The third kappa shape index (κ3) is 4.92. The lowest BCUT2D eigenvalue weighted by Crippen LogP contribution is -2.59. The molecule has 12 heteroatoms. The summed E-state index contributed by atoms with van der Waals surface area (Å²) in [5.41, 5.74) is 0.586. The predicted octanol–water partition coefficient (Wildman–Crippen LogP) is 5.00. The van der Waals surface area contributed by atoms with Gasteiger partial charge in [-0.3, -0.25) is 19.2 Å². The number of carbonyl (C=O) groups is 1. The first kappa shape index (κ1) is 26.0. The topological polar surface area (TPSA) is 128 Å². The predicted molar refractivity (Wildman–Crippen MR) is 140 cm³/mol. The van der Waals surface area contributed by atoms with Crippen LogP contribution in [-0.4, -0.2) is 33.1 Å². The molecule has 1 saturated carbocycles. The Hall–Kier alpha value is -3.67. The SMILES string of the molecule is COc1ccc(CN2C(=O)NC(COS(=O)(=O)c3cccc([N+](=O)[O-])c3)(C3CC3)c3cc(Cl)ccc32)cc1.